The van der Waals surface area contributed by atoms with Gasteiger partial charge in [0.1, 0.15) is 0 Å². The molecule has 0 aliphatic rings. The van der Waals surface area contributed by atoms with Crippen molar-refractivity contribution < 1.29 is 30.1 Å². The molecule has 1 heterocycles. The molecule has 4 aromatic rings. The minimum absolute atomic E-state index is 0.320. The molecule has 0 saturated heterocycles. The Balaban J connectivity index is 2.03. The van der Waals surface area contributed by atoms with Crippen molar-refractivity contribution in [2.24, 2.45) is 0 Å². The number of rotatable bonds is 4. The van der Waals surface area contributed by atoms with Crippen LogP contribution >= 0.6 is 0 Å². The van der Waals surface area contributed by atoms with Gasteiger partial charge in [-0.1, -0.05) is 36.4 Å². The summed E-state index contributed by atoms with van der Waals surface area (Å²) in [6, 6.07) is 16.7. The molecule has 0 atom stereocenters. The predicted octanol–water partition coefficient (Wildman–Crippen LogP) is -2.18. The van der Waals surface area contributed by atoms with Crippen molar-refractivity contribution in [2.45, 2.75) is 0 Å². The summed E-state index contributed by atoms with van der Waals surface area (Å²) in [5, 5.41) is 58.2. The maximum atomic E-state index is 9.53. The first-order chi connectivity index (χ1) is 13.4. The fourth-order valence-corrected chi connectivity index (χ4v) is 3.45. The summed E-state index contributed by atoms with van der Waals surface area (Å²) in [5.74, 6) is 0. The molecule has 0 unspecified atom stereocenters. The van der Waals surface area contributed by atoms with E-state index in [-0.39, 0.29) is 0 Å². The lowest BCUT2D eigenvalue weighted by Crippen LogP contribution is -2.29. The van der Waals surface area contributed by atoms with E-state index >= 15 is 0 Å². The molecule has 0 saturated carbocycles. The second kappa shape index (κ2) is 7.10. The monoisotopic (exact) mass is 375 g/mol. The third kappa shape index (κ3) is 3.12. The van der Waals surface area contributed by atoms with Gasteiger partial charge in [-0.05, 0) is 40.7 Å². The van der Waals surface area contributed by atoms with E-state index in [4.69, 9.17) is 0 Å². The topological polar surface area (TPSA) is 126 Å². The summed E-state index contributed by atoms with van der Waals surface area (Å²) in [7, 11) is -4.81. The highest BCUT2D eigenvalue weighted by Gasteiger charge is 2.19. The number of hydrogen-bond acceptors (Lipinski definition) is 6. The van der Waals surface area contributed by atoms with E-state index in [1.165, 1.54) is 0 Å². The molecule has 0 bridgehead atoms. The number of hydrogen-bond donors (Lipinski definition) is 6. The maximum absolute atomic E-state index is 9.53. The standard InChI is InChI=1S/C18H16B3NO6/c23-19(24)11-1-5-14(6-2-11)22-17-7-3-12(20(25)26)9-15(17)16-10-13(21(27)28)4-8-18(16)22/h1-10,23-28H. The van der Waals surface area contributed by atoms with Crippen LogP contribution in [-0.4, -0.2) is 56.1 Å². The summed E-state index contributed by atoms with van der Waals surface area (Å²) in [6.45, 7) is 0. The molecule has 1 aromatic heterocycles. The van der Waals surface area contributed by atoms with Gasteiger partial charge in [0.05, 0.1) is 11.0 Å². The second-order valence-corrected chi connectivity index (χ2v) is 6.60. The molecule has 10 heteroatoms. The van der Waals surface area contributed by atoms with E-state index in [0.29, 0.717) is 16.4 Å². The van der Waals surface area contributed by atoms with Crippen LogP contribution in [0.25, 0.3) is 27.5 Å². The van der Waals surface area contributed by atoms with Crippen LogP contribution in [0.15, 0.2) is 60.7 Å². The van der Waals surface area contributed by atoms with Gasteiger partial charge < -0.3 is 34.7 Å². The van der Waals surface area contributed by atoms with Gasteiger partial charge in [-0.3, -0.25) is 0 Å². The second-order valence-electron chi connectivity index (χ2n) is 6.60. The summed E-state index contributed by atoms with van der Waals surface area (Å²) >= 11 is 0. The van der Waals surface area contributed by atoms with Gasteiger partial charge in [0.2, 0.25) is 0 Å². The zero-order valence-corrected chi connectivity index (χ0v) is 14.6. The number of aromatic nitrogens is 1. The zero-order chi connectivity index (χ0) is 20.0. The first kappa shape index (κ1) is 18.8. The molecular formula is C18H16B3NO6. The molecule has 0 spiro atoms. The molecule has 0 aliphatic heterocycles. The van der Waals surface area contributed by atoms with Gasteiger partial charge in [-0.25, -0.2) is 0 Å². The van der Waals surface area contributed by atoms with Crippen LogP contribution in [0.3, 0.4) is 0 Å². The molecule has 0 aliphatic carbocycles. The van der Waals surface area contributed by atoms with Crippen molar-refractivity contribution in [3.8, 4) is 5.69 Å². The Bertz CT molecular complexity index is 1090. The number of fused-ring (bicyclic) bond motifs is 3. The Morgan fingerprint density at radius 1 is 0.500 bits per heavy atom. The Morgan fingerprint density at radius 3 is 1.29 bits per heavy atom. The van der Waals surface area contributed by atoms with Crippen molar-refractivity contribution in [1.29, 1.82) is 0 Å². The summed E-state index contributed by atoms with van der Waals surface area (Å²) in [4.78, 5) is 0. The van der Waals surface area contributed by atoms with Gasteiger partial charge in [0.25, 0.3) is 0 Å². The lowest BCUT2D eigenvalue weighted by Gasteiger charge is -2.09. The average Bonchev–Trinajstić information content (AvgIpc) is 3.00. The number of nitrogens with zero attached hydrogens (tertiary/aromatic N) is 1. The quantitative estimate of drug-likeness (QED) is 0.226. The normalized spacial score (nSPS) is 11.2. The van der Waals surface area contributed by atoms with Gasteiger partial charge in [-0.15, -0.1) is 0 Å². The molecule has 0 fully saturated rings. The van der Waals surface area contributed by atoms with Gasteiger partial charge in [0.15, 0.2) is 0 Å². The van der Waals surface area contributed by atoms with E-state index in [1.807, 2.05) is 4.57 Å². The first-order valence-corrected chi connectivity index (χ1v) is 8.63. The highest BCUT2D eigenvalue weighted by Crippen LogP contribution is 2.30. The van der Waals surface area contributed by atoms with Crippen molar-refractivity contribution >= 4 is 59.5 Å². The van der Waals surface area contributed by atoms with Crippen molar-refractivity contribution in [1.82, 2.24) is 4.57 Å². The van der Waals surface area contributed by atoms with Crippen LogP contribution in [0, 0.1) is 0 Å². The molecule has 138 valence electrons. The zero-order valence-electron chi connectivity index (χ0n) is 14.6. The van der Waals surface area contributed by atoms with E-state index < -0.39 is 21.4 Å². The molecule has 0 amide bonds. The van der Waals surface area contributed by atoms with Crippen LogP contribution in [0.4, 0.5) is 0 Å². The highest BCUT2D eigenvalue weighted by molar-refractivity contribution is 6.60. The van der Waals surface area contributed by atoms with Gasteiger partial charge in [0, 0.05) is 16.5 Å². The van der Waals surface area contributed by atoms with Crippen molar-refractivity contribution in [3.05, 3.63) is 60.7 Å². The van der Waals surface area contributed by atoms with Gasteiger partial charge >= 0.3 is 21.4 Å². The Hall–Kier alpha value is -2.59. The Kier molecular flexibility index (Phi) is 4.76. The average molecular weight is 375 g/mol. The molecule has 3 aromatic carbocycles. The lowest BCUT2D eigenvalue weighted by molar-refractivity contribution is 0.424. The SMILES string of the molecule is OB(O)c1ccc(-n2c3ccc(B(O)O)cc3c3cc(B(O)O)ccc32)cc1. The Morgan fingerprint density at radius 2 is 0.893 bits per heavy atom. The van der Waals surface area contributed by atoms with Crippen LogP contribution in [0.2, 0.25) is 0 Å². The molecule has 4 rings (SSSR count). The molecule has 7 nitrogen and oxygen atoms in total. The first-order valence-electron chi connectivity index (χ1n) is 8.63. The van der Waals surface area contributed by atoms with E-state index in [2.05, 4.69) is 0 Å². The van der Waals surface area contributed by atoms with Crippen LogP contribution < -0.4 is 16.4 Å². The Labute approximate surface area is 161 Å². The fourth-order valence-electron chi connectivity index (χ4n) is 3.45. The third-order valence-corrected chi connectivity index (χ3v) is 4.86. The summed E-state index contributed by atoms with van der Waals surface area (Å²) in [6.07, 6.45) is 0. The van der Waals surface area contributed by atoms with Crippen molar-refractivity contribution in [2.75, 3.05) is 0 Å². The third-order valence-electron chi connectivity index (χ3n) is 4.86. The maximum Gasteiger partial charge on any atom is 0.488 e. The minimum atomic E-state index is -1.63. The lowest BCUT2D eigenvalue weighted by atomic mass is 9.78. The molecule has 6 N–H and O–H groups in total. The van der Waals surface area contributed by atoms with Crippen LogP contribution in [0.5, 0.6) is 0 Å². The fraction of sp³-hybridized carbons (Fsp3) is 0. The van der Waals surface area contributed by atoms with E-state index in [1.54, 1.807) is 60.7 Å². The van der Waals surface area contributed by atoms with Crippen molar-refractivity contribution in [3.63, 3.8) is 0 Å². The van der Waals surface area contributed by atoms with E-state index in [0.717, 1.165) is 27.5 Å². The van der Waals surface area contributed by atoms with E-state index in [9.17, 15) is 30.1 Å². The van der Waals surface area contributed by atoms with Crippen LogP contribution in [0.1, 0.15) is 0 Å². The van der Waals surface area contributed by atoms with Crippen LogP contribution in [-0.2, 0) is 0 Å². The molecule has 28 heavy (non-hydrogen) atoms. The molecular weight excluding hydrogens is 359 g/mol. The minimum Gasteiger partial charge on any atom is -0.423 e. The summed E-state index contributed by atoms with van der Waals surface area (Å²) in [5.41, 5.74) is 3.32. The predicted molar refractivity (Wildman–Crippen MR) is 110 cm³/mol. The number of benzene rings is 3. The largest absolute Gasteiger partial charge is 0.488 e. The summed E-state index contributed by atoms with van der Waals surface area (Å²) < 4.78 is 1.93. The molecule has 0 radical (unpaired) electrons. The van der Waals surface area contributed by atoms with Gasteiger partial charge in [-0.2, -0.15) is 0 Å². The smallest absolute Gasteiger partial charge is 0.423 e. The highest BCUT2D eigenvalue weighted by atomic mass is 16.4.